The molecule has 0 aliphatic carbocycles. The molecule has 0 aliphatic rings. The maximum Gasteiger partial charge on any atom is 0.0251 e. The van der Waals surface area contributed by atoms with Crippen LogP contribution < -0.4 is 0 Å². The van der Waals surface area contributed by atoms with Crippen molar-refractivity contribution < 1.29 is 24.4 Å². The Morgan fingerprint density at radius 3 is 1.21 bits per heavy atom. The Labute approximate surface area is 167 Å². The van der Waals surface area contributed by atoms with E-state index in [0.29, 0.717) is 0 Å². The van der Waals surface area contributed by atoms with Crippen LogP contribution in [-0.2, 0) is 19.5 Å². The van der Waals surface area contributed by atoms with Crippen LogP contribution in [0.5, 0.6) is 0 Å². The van der Waals surface area contributed by atoms with E-state index in [9.17, 15) is 4.89 Å². The Morgan fingerprint density at radius 1 is 0.737 bits per heavy atom. The van der Waals surface area contributed by atoms with Crippen molar-refractivity contribution >= 4 is 56.1 Å². The van der Waals surface area contributed by atoms with Crippen LogP contribution in [0.2, 0.25) is 0 Å². The van der Waals surface area contributed by atoms with E-state index >= 15 is 0 Å². The number of unbranched alkanes of at least 4 members (excludes halogenated alkanes) is 2. The van der Waals surface area contributed by atoms with Crippen LogP contribution in [0, 0.1) is 0 Å². The maximum atomic E-state index is 9.38. The fraction of sp³-hybridized carbons (Fsp3) is 0.571. The van der Waals surface area contributed by atoms with Gasteiger partial charge in [0.1, 0.15) is 0 Å². The monoisotopic (exact) mass is 598 g/mol. The molecule has 116 valence electrons. The average Bonchev–Trinajstić information content (AvgIpc) is 2.36. The third-order valence-corrected chi connectivity index (χ3v) is 3.87. The fourth-order valence-electron chi connectivity index (χ4n) is 1.18. The summed E-state index contributed by atoms with van der Waals surface area (Å²) >= 11 is 0. The summed E-state index contributed by atoms with van der Waals surface area (Å²) in [7, 11) is -0.592. The SMILES string of the molecule is CCCCP(O)CCCC.I.I.[Ru].c1ccccc1. The van der Waals surface area contributed by atoms with Crippen LogP contribution >= 0.6 is 56.1 Å². The molecule has 0 aromatic heterocycles. The van der Waals surface area contributed by atoms with Gasteiger partial charge in [-0.2, -0.15) is 0 Å². The average molecular weight is 597 g/mol. The third-order valence-electron chi connectivity index (χ3n) is 2.21. The minimum Gasteiger partial charge on any atom is -0.374 e. The second kappa shape index (κ2) is 24.7. The van der Waals surface area contributed by atoms with Gasteiger partial charge < -0.3 is 4.89 Å². The molecule has 0 saturated carbocycles. The first-order valence-electron chi connectivity index (χ1n) is 6.25. The first-order chi connectivity index (χ1) is 7.81. The summed E-state index contributed by atoms with van der Waals surface area (Å²) in [5.74, 6) is 0. The van der Waals surface area contributed by atoms with Crippen molar-refractivity contribution in [1.29, 1.82) is 0 Å². The smallest absolute Gasteiger partial charge is 0.0251 e. The van der Waals surface area contributed by atoms with Gasteiger partial charge in [-0.3, -0.25) is 0 Å². The van der Waals surface area contributed by atoms with Gasteiger partial charge in [0, 0.05) is 27.6 Å². The Balaban J connectivity index is -0.000000110. The molecule has 0 spiro atoms. The van der Waals surface area contributed by atoms with Crippen LogP contribution in [0.15, 0.2) is 36.4 Å². The molecule has 1 rings (SSSR count). The molecule has 1 nitrogen and oxygen atoms in total. The number of hydrogen-bond acceptors (Lipinski definition) is 1. The molecule has 5 heteroatoms. The van der Waals surface area contributed by atoms with Gasteiger partial charge in [0.2, 0.25) is 0 Å². The Hall–Kier alpha value is 1.69. The van der Waals surface area contributed by atoms with Crippen molar-refractivity contribution in [3.05, 3.63) is 36.4 Å². The van der Waals surface area contributed by atoms with Crippen LogP contribution in [-0.4, -0.2) is 17.2 Å². The maximum absolute atomic E-state index is 9.38. The minimum absolute atomic E-state index is 0. The number of rotatable bonds is 6. The van der Waals surface area contributed by atoms with Crippen LogP contribution in [0.4, 0.5) is 0 Å². The van der Waals surface area contributed by atoms with Crippen molar-refractivity contribution in [3.8, 4) is 0 Å². The van der Waals surface area contributed by atoms with Crippen molar-refractivity contribution in [2.75, 3.05) is 12.3 Å². The van der Waals surface area contributed by atoms with Gasteiger partial charge in [0.25, 0.3) is 0 Å². The summed E-state index contributed by atoms with van der Waals surface area (Å²) in [4.78, 5) is 9.38. The number of halogens is 2. The zero-order chi connectivity index (χ0) is 12.1. The van der Waals surface area contributed by atoms with Gasteiger partial charge in [0.15, 0.2) is 0 Å². The van der Waals surface area contributed by atoms with Crippen molar-refractivity contribution in [1.82, 2.24) is 0 Å². The van der Waals surface area contributed by atoms with E-state index in [1.165, 1.54) is 25.7 Å². The molecule has 0 aliphatic heterocycles. The van der Waals surface area contributed by atoms with Crippen molar-refractivity contribution in [3.63, 3.8) is 0 Å². The summed E-state index contributed by atoms with van der Waals surface area (Å²) < 4.78 is 0. The Kier molecular flexibility index (Phi) is 37.4. The molecule has 0 atom stereocenters. The zero-order valence-electron chi connectivity index (χ0n) is 11.8. The van der Waals surface area contributed by atoms with Crippen molar-refractivity contribution in [2.45, 2.75) is 39.5 Å². The number of hydrogen-bond donors (Lipinski definition) is 1. The quantitative estimate of drug-likeness (QED) is 0.246. The molecule has 0 fully saturated rings. The Morgan fingerprint density at radius 2 is 1.00 bits per heavy atom. The second-order valence-corrected chi connectivity index (χ2v) is 5.72. The Bertz CT molecular complexity index is 193. The van der Waals surface area contributed by atoms with Gasteiger partial charge in [-0.05, 0) is 25.2 Å². The topological polar surface area (TPSA) is 20.2 Å². The first-order valence-corrected chi connectivity index (χ1v) is 7.91. The van der Waals surface area contributed by atoms with Crippen molar-refractivity contribution in [2.24, 2.45) is 0 Å². The van der Waals surface area contributed by atoms with E-state index in [2.05, 4.69) is 13.8 Å². The van der Waals surface area contributed by atoms with Gasteiger partial charge in [-0.1, -0.05) is 63.1 Å². The van der Waals surface area contributed by atoms with Gasteiger partial charge in [-0.25, -0.2) is 0 Å². The predicted molar refractivity (Wildman–Crippen MR) is 106 cm³/mol. The van der Waals surface area contributed by atoms with E-state index in [1.54, 1.807) is 0 Å². The molecular formula is C14H27I2OPRu. The first kappa shape index (κ1) is 28.8. The summed E-state index contributed by atoms with van der Waals surface area (Å²) in [5, 5.41) is 0. The van der Waals surface area contributed by atoms with E-state index in [1.807, 2.05) is 36.4 Å². The van der Waals surface area contributed by atoms with E-state index in [-0.39, 0.29) is 67.4 Å². The molecule has 19 heavy (non-hydrogen) atoms. The van der Waals surface area contributed by atoms with Gasteiger partial charge in [-0.15, -0.1) is 48.0 Å². The largest absolute Gasteiger partial charge is 0.374 e. The molecule has 0 unspecified atom stereocenters. The summed E-state index contributed by atoms with van der Waals surface area (Å²) in [6.45, 7) is 4.34. The number of benzene rings is 1. The molecule has 1 aromatic carbocycles. The van der Waals surface area contributed by atoms with E-state index < -0.39 is 8.15 Å². The molecule has 0 radical (unpaired) electrons. The van der Waals surface area contributed by atoms with Crippen LogP contribution in [0.25, 0.3) is 0 Å². The summed E-state index contributed by atoms with van der Waals surface area (Å²) in [5.41, 5.74) is 0. The summed E-state index contributed by atoms with van der Waals surface area (Å²) in [6, 6.07) is 12.0. The predicted octanol–water partition coefficient (Wildman–Crippen LogP) is 5.90. The van der Waals surface area contributed by atoms with Gasteiger partial charge >= 0.3 is 0 Å². The molecule has 0 bridgehead atoms. The molecule has 0 amide bonds. The van der Waals surface area contributed by atoms with E-state index in [0.717, 1.165) is 12.3 Å². The van der Waals surface area contributed by atoms with E-state index in [4.69, 9.17) is 0 Å². The fourth-order valence-corrected chi connectivity index (χ4v) is 2.76. The second-order valence-electron chi connectivity index (χ2n) is 3.82. The molecule has 1 aromatic rings. The normalized spacial score (nSPS) is 8.21. The standard InChI is InChI=1S/C8H19OP.C6H6.2HI.Ru/c1-3-5-7-10(9)8-6-4-2;1-2-4-6-5-3-1;;;/h9H,3-8H2,1-2H3;1-6H;2*1H;. The minimum atomic E-state index is -0.592. The van der Waals surface area contributed by atoms with Crippen LogP contribution in [0.1, 0.15) is 39.5 Å². The molecule has 0 saturated heterocycles. The zero-order valence-corrected chi connectivity index (χ0v) is 19.1. The molecule has 0 heterocycles. The van der Waals surface area contributed by atoms with Gasteiger partial charge in [0.05, 0.1) is 0 Å². The third kappa shape index (κ3) is 25.0. The molecular weight excluding hydrogens is 570 g/mol. The van der Waals surface area contributed by atoms with Crippen LogP contribution in [0.3, 0.4) is 0 Å². The summed E-state index contributed by atoms with van der Waals surface area (Å²) in [6.07, 6.45) is 6.95. The molecule has 1 N–H and O–H groups in total.